The minimum atomic E-state index is -3.99. The molecular weight excluding hydrogens is 613 g/mol. The number of ether oxygens (including phenoxy) is 1. The summed E-state index contributed by atoms with van der Waals surface area (Å²) in [7, 11) is -9.83. The van der Waals surface area contributed by atoms with Crippen LogP contribution in [0.25, 0.3) is 22.3 Å². The molecule has 42 heavy (non-hydrogen) atoms. The minimum absolute atomic E-state index is 0.156. The summed E-state index contributed by atoms with van der Waals surface area (Å²) < 4.78 is 104. The fourth-order valence-electron chi connectivity index (χ4n) is 5.25. The number of nitrogens with one attached hydrogen (secondary N) is 1. The third-order valence-corrected chi connectivity index (χ3v) is 12.1. The Labute approximate surface area is 243 Å². The van der Waals surface area contributed by atoms with Crippen molar-refractivity contribution < 1.29 is 43.6 Å². The van der Waals surface area contributed by atoms with Crippen LogP contribution in [0.1, 0.15) is 28.9 Å². The van der Waals surface area contributed by atoms with E-state index in [1.807, 2.05) is 0 Å². The number of nitrogens with zero attached hydrogens (tertiary/aromatic N) is 2. The number of amides is 1. The maximum Gasteiger partial charge on any atom is 0.255 e. The topological polar surface area (TPSA) is 160 Å². The van der Waals surface area contributed by atoms with Crippen LogP contribution in [0.15, 0.2) is 40.8 Å². The highest BCUT2D eigenvalue weighted by Crippen LogP contribution is 2.42. The Morgan fingerprint density at radius 1 is 1.10 bits per heavy atom. The molecule has 5 rings (SSSR count). The van der Waals surface area contributed by atoms with Crippen LogP contribution in [0.3, 0.4) is 0 Å². The average Bonchev–Trinajstić information content (AvgIpc) is 3.21. The average molecular weight is 644 g/mol. The summed E-state index contributed by atoms with van der Waals surface area (Å²) in [6.07, 6.45) is -0.912. The van der Waals surface area contributed by atoms with E-state index in [9.17, 15) is 34.4 Å². The van der Waals surface area contributed by atoms with Crippen molar-refractivity contribution in [1.29, 1.82) is 0 Å². The maximum atomic E-state index is 13.6. The molecule has 1 fully saturated rings. The Kier molecular flexibility index (Phi) is 7.89. The molecule has 1 amide bonds. The molecule has 0 saturated carbocycles. The van der Waals surface area contributed by atoms with Gasteiger partial charge in [0.05, 0.1) is 53.5 Å². The Bertz CT molecular complexity index is 1860. The summed E-state index contributed by atoms with van der Waals surface area (Å²) >= 11 is 0. The van der Waals surface area contributed by atoms with E-state index in [1.54, 1.807) is 13.0 Å². The van der Waals surface area contributed by atoms with Gasteiger partial charge < -0.3 is 14.5 Å². The first-order chi connectivity index (χ1) is 19.6. The van der Waals surface area contributed by atoms with E-state index in [-0.39, 0.29) is 53.7 Å². The lowest BCUT2D eigenvalue weighted by molar-refractivity contribution is 0.0188. The second-order valence-corrected chi connectivity index (χ2v) is 16.5. The van der Waals surface area contributed by atoms with Gasteiger partial charge in [-0.25, -0.2) is 29.6 Å². The zero-order valence-corrected chi connectivity index (χ0v) is 25.5. The van der Waals surface area contributed by atoms with Crippen LogP contribution in [-0.4, -0.2) is 91.8 Å². The first kappa shape index (κ1) is 30.4. The molecule has 0 radical (unpaired) electrons. The van der Waals surface area contributed by atoms with Crippen LogP contribution >= 0.6 is 0 Å². The van der Waals surface area contributed by atoms with Gasteiger partial charge in [0.15, 0.2) is 9.84 Å². The van der Waals surface area contributed by atoms with Crippen molar-refractivity contribution in [3.05, 3.63) is 53.3 Å². The lowest BCUT2D eigenvalue weighted by Crippen LogP contribution is -2.48. The first-order valence-electron chi connectivity index (χ1n) is 13.0. The van der Waals surface area contributed by atoms with Gasteiger partial charge in [0.25, 0.3) is 5.91 Å². The summed E-state index contributed by atoms with van der Waals surface area (Å²) in [5.41, 5.74) is 1.36. The number of benzene rings is 2. The fraction of sp³-hybridized carbons (Fsp3) is 0.423. The van der Waals surface area contributed by atoms with Gasteiger partial charge in [-0.3, -0.25) is 9.10 Å². The van der Waals surface area contributed by atoms with Crippen molar-refractivity contribution in [3.63, 3.8) is 0 Å². The lowest BCUT2D eigenvalue weighted by Gasteiger charge is -2.29. The van der Waals surface area contributed by atoms with Gasteiger partial charge in [0.2, 0.25) is 20.0 Å². The van der Waals surface area contributed by atoms with E-state index >= 15 is 0 Å². The monoisotopic (exact) mass is 643 g/mol. The normalized spacial score (nSPS) is 21.6. The third-order valence-electron chi connectivity index (χ3n) is 7.36. The van der Waals surface area contributed by atoms with Crippen molar-refractivity contribution in [2.45, 2.75) is 19.1 Å². The standard InChI is InChI=1S/C26H30FN3O9S3/c1-16-20-12-21-23(39-25(24(21)26(31)28-2)17-4-6-18(27)7-5-17)13-22(20)30(40(3,32)33)14-19(38-16)15-42(36,37)29-8-10-41(34,35)11-9-29/h4-7,12-13,16,19H,8-11,14-15H2,1-3H3,(H,28,31)/t16-,19-/m0/s1. The van der Waals surface area contributed by atoms with Crippen molar-refractivity contribution in [3.8, 4) is 11.3 Å². The molecule has 1 saturated heterocycles. The molecule has 0 unspecified atom stereocenters. The molecule has 0 aliphatic carbocycles. The molecule has 12 nitrogen and oxygen atoms in total. The highest BCUT2D eigenvalue weighted by atomic mass is 32.2. The first-order valence-corrected chi connectivity index (χ1v) is 18.3. The van der Waals surface area contributed by atoms with Crippen molar-refractivity contribution in [2.75, 3.05) is 54.5 Å². The van der Waals surface area contributed by atoms with Crippen molar-refractivity contribution >= 4 is 52.4 Å². The Morgan fingerprint density at radius 2 is 1.74 bits per heavy atom. The van der Waals surface area contributed by atoms with Crippen LogP contribution in [0, 0.1) is 5.82 Å². The minimum Gasteiger partial charge on any atom is -0.455 e. The van der Waals surface area contributed by atoms with Crippen LogP contribution in [0.2, 0.25) is 0 Å². The highest BCUT2D eigenvalue weighted by Gasteiger charge is 2.38. The van der Waals surface area contributed by atoms with E-state index in [0.717, 1.165) is 14.9 Å². The van der Waals surface area contributed by atoms with Crippen molar-refractivity contribution in [2.24, 2.45) is 0 Å². The van der Waals surface area contributed by atoms with Gasteiger partial charge >= 0.3 is 0 Å². The number of carbonyl (C=O) groups excluding carboxylic acids is 1. The van der Waals surface area contributed by atoms with Gasteiger partial charge in [-0.15, -0.1) is 0 Å². The van der Waals surface area contributed by atoms with Gasteiger partial charge in [-0.05, 0) is 37.3 Å². The fourth-order valence-corrected chi connectivity index (χ4v) is 9.24. The predicted octanol–water partition coefficient (Wildman–Crippen LogP) is 1.88. The molecule has 1 aromatic heterocycles. The van der Waals surface area contributed by atoms with E-state index in [2.05, 4.69) is 5.32 Å². The smallest absolute Gasteiger partial charge is 0.255 e. The van der Waals surface area contributed by atoms with Gasteiger partial charge in [0.1, 0.15) is 17.2 Å². The molecule has 228 valence electrons. The van der Waals surface area contributed by atoms with Crippen LogP contribution < -0.4 is 9.62 Å². The number of fused-ring (bicyclic) bond motifs is 2. The predicted molar refractivity (Wildman–Crippen MR) is 154 cm³/mol. The zero-order chi connectivity index (χ0) is 30.6. The Balaban J connectivity index is 1.57. The third kappa shape index (κ3) is 5.90. The molecule has 3 heterocycles. The number of anilines is 1. The van der Waals surface area contributed by atoms with Gasteiger partial charge in [0, 0.05) is 42.7 Å². The number of hydrogen-bond donors (Lipinski definition) is 1. The van der Waals surface area contributed by atoms with E-state index in [1.165, 1.54) is 37.4 Å². The number of sulfone groups is 1. The number of sulfonamides is 2. The second-order valence-electron chi connectivity index (χ2n) is 10.3. The number of halogens is 1. The maximum absolute atomic E-state index is 13.6. The molecule has 2 atom stereocenters. The Morgan fingerprint density at radius 3 is 2.33 bits per heavy atom. The molecular formula is C26H30FN3O9S3. The molecule has 1 N–H and O–H groups in total. The highest BCUT2D eigenvalue weighted by molar-refractivity contribution is 7.92. The zero-order valence-electron chi connectivity index (χ0n) is 23.0. The molecule has 0 spiro atoms. The van der Waals surface area contributed by atoms with E-state index in [0.29, 0.717) is 16.5 Å². The second kappa shape index (κ2) is 10.9. The summed E-state index contributed by atoms with van der Waals surface area (Å²) in [6.45, 7) is 0.945. The van der Waals surface area contributed by atoms with Crippen molar-refractivity contribution in [1.82, 2.24) is 9.62 Å². The number of hydrogen-bond acceptors (Lipinski definition) is 9. The summed E-state index contributed by atoms with van der Waals surface area (Å²) in [4.78, 5) is 13.0. The molecule has 2 aliphatic heterocycles. The molecule has 0 bridgehead atoms. The van der Waals surface area contributed by atoms with Gasteiger partial charge in [-0.2, -0.15) is 4.31 Å². The largest absolute Gasteiger partial charge is 0.455 e. The molecule has 2 aromatic carbocycles. The molecule has 3 aromatic rings. The van der Waals surface area contributed by atoms with E-state index < -0.39 is 59.6 Å². The SMILES string of the molecule is CNC(=O)c1c(-c2ccc(F)cc2)oc2cc3c(cc12)[C@H](C)O[C@H](CS(=O)(=O)N1CCS(=O)(=O)CC1)CN3S(C)(=O)=O. The van der Waals surface area contributed by atoms with E-state index in [4.69, 9.17) is 9.15 Å². The summed E-state index contributed by atoms with van der Waals surface area (Å²) in [5.74, 6) is -1.94. The van der Waals surface area contributed by atoms with Crippen LogP contribution in [0.5, 0.6) is 0 Å². The Hall–Kier alpha value is -3.05. The molecule has 2 aliphatic rings. The van der Waals surface area contributed by atoms with Gasteiger partial charge in [-0.1, -0.05) is 0 Å². The quantitative estimate of drug-likeness (QED) is 0.423. The number of rotatable bonds is 6. The molecule has 16 heteroatoms. The summed E-state index contributed by atoms with van der Waals surface area (Å²) in [6, 6.07) is 8.43. The van der Waals surface area contributed by atoms with Crippen LogP contribution in [0.4, 0.5) is 10.1 Å². The van der Waals surface area contributed by atoms with Crippen LogP contribution in [-0.2, 0) is 34.6 Å². The number of furan rings is 1. The number of carbonyl (C=O) groups is 1. The lowest BCUT2D eigenvalue weighted by atomic mass is 10.0. The summed E-state index contributed by atoms with van der Waals surface area (Å²) in [5, 5.41) is 2.93.